The molecule has 0 spiro atoms. The Morgan fingerprint density at radius 2 is 1.81 bits per heavy atom. The summed E-state index contributed by atoms with van der Waals surface area (Å²) in [5.74, 6) is 0.449. The lowest BCUT2D eigenvalue weighted by Gasteiger charge is -2.32. The Labute approximate surface area is 186 Å². The first-order chi connectivity index (χ1) is 15.1. The summed E-state index contributed by atoms with van der Waals surface area (Å²) >= 11 is 0. The summed E-state index contributed by atoms with van der Waals surface area (Å²) in [6.07, 6.45) is 9.37. The van der Waals surface area contributed by atoms with Crippen molar-refractivity contribution in [3.8, 4) is 0 Å². The first-order valence-electron chi connectivity index (χ1n) is 11.8. The van der Waals surface area contributed by atoms with Gasteiger partial charge >= 0.3 is 0 Å². The molecule has 1 N–H and O–H groups in total. The number of hydrogen-bond acceptors (Lipinski definition) is 3. The summed E-state index contributed by atoms with van der Waals surface area (Å²) in [5.41, 5.74) is 2.86. The fraction of sp³-hybridized carbons (Fsp3) is 0.538. The van der Waals surface area contributed by atoms with Gasteiger partial charge in [0.15, 0.2) is 0 Å². The molecule has 0 aliphatic carbocycles. The van der Waals surface area contributed by atoms with Crippen LogP contribution in [0.3, 0.4) is 0 Å². The topological polar surface area (TPSA) is 45.2 Å². The van der Waals surface area contributed by atoms with Crippen LogP contribution in [0.4, 0.5) is 4.39 Å². The molecule has 2 heterocycles. The van der Waals surface area contributed by atoms with Crippen LogP contribution < -0.4 is 5.32 Å². The van der Waals surface area contributed by atoms with Gasteiger partial charge in [-0.3, -0.25) is 14.7 Å². The molecule has 1 aromatic carbocycles. The Morgan fingerprint density at radius 1 is 1.13 bits per heavy atom. The number of likely N-dealkylation sites (tertiary alicyclic amines) is 1. The fourth-order valence-electron chi connectivity index (χ4n) is 4.54. The first-order valence-corrected chi connectivity index (χ1v) is 11.8. The predicted molar refractivity (Wildman–Crippen MR) is 123 cm³/mol. The van der Waals surface area contributed by atoms with Crippen LogP contribution in [0, 0.1) is 11.7 Å². The quantitative estimate of drug-likeness (QED) is 0.556. The number of pyridine rings is 1. The molecule has 0 atom stereocenters. The highest BCUT2D eigenvalue weighted by Gasteiger charge is 2.21. The zero-order chi connectivity index (χ0) is 22.1. The van der Waals surface area contributed by atoms with E-state index in [2.05, 4.69) is 29.0 Å². The van der Waals surface area contributed by atoms with E-state index >= 15 is 0 Å². The Kier molecular flexibility index (Phi) is 9.01. The SMILES string of the molecule is CCCC(CCC)Cc1cc(C(=O)NC2CCN(Cc3ccc(F)cc3)CC2)ccn1. The van der Waals surface area contributed by atoms with Gasteiger partial charge in [0, 0.05) is 43.1 Å². The zero-order valence-electron chi connectivity index (χ0n) is 18.9. The van der Waals surface area contributed by atoms with Crippen molar-refractivity contribution < 1.29 is 9.18 Å². The van der Waals surface area contributed by atoms with Crippen LogP contribution in [-0.2, 0) is 13.0 Å². The molecule has 1 saturated heterocycles. The summed E-state index contributed by atoms with van der Waals surface area (Å²) in [6.45, 7) is 7.14. The smallest absolute Gasteiger partial charge is 0.251 e. The third kappa shape index (κ3) is 7.42. The van der Waals surface area contributed by atoms with Crippen LogP contribution in [-0.4, -0.2) is 34.9 Å². The molecule has 168 valence electrons. The second-order valence-electron chi connectivity index (χ2n) is 8.83. The van der Waals surface area contributed by atoms with Crippen LogP contribution in [0.1, 0.15) is 74.0 Å². The molecule has 0 unspecified atom stereocenters. The van der Waals surface area contributed by atoms with E-state index in [9.17, 15) is 9.18 Å². The summed E-state index contributed by atoms with van der Waals surface area (Å²) in [6, 6.07) is 10.7. The molecule has 1 amide bonds. The molecule has 1 aliphatic heterocycles. The fourth-order valence-corrected chi connectivity index (χ4v) is 4.54. The zero-order valence-corrected chi connectivity index (χ0v) is 18.9. The standard InChI is InChI=1S/C26H36FN3O/c1-3-5-20(6-4-2)17-25-18-22(11-14-28-25)26(31)29-24-12-15-30(16-13-24)19-21-7-9-23(27)10-8-21/h7-11,14,18,20,24H,3-6,12-13,15-17,19H2,1-2H3,(H,29,31). The van der Waals surface area contributed by atoms with E-state index in [0.717, 1.165) is 50.2 Å². The molecule has 1 fully saturated rings. The Bertz CT molecular complexity index is 810. The van der Waals surface area contributed by atoms with E-state index in [1.54, 1.807) is 6.20 Å². The van der Waals surface area contributed by atoms with Crippen molar-refractivity contribution in [3.05, 3.63) is 65.2 Å². The van der Waals surface area contributed by atoms with Crippen LogP contribution in [0.2, 0.25) is 0 Å². The Balaban J connectivity index is 1.48. The van der Waals surface area contributed by atoms with Gasteiger partial charge in [-0.2, -0.15) is 0 Å². The second kappa shape index (κ2) is 11.9. The summed E-state index contributed by atoms with van der Waals surface area (Å²) in [7, 11) is 0. The van der Waals surface area contributed by atoms with E-state index < -0.39 is 0 Å². The second-order valence-corrected chi connectivity index (χ2v) is 8.83. The van der Waals surface area contributed by atoms with Gasteiger partial charge in [0.25, 0.3) is 5.91 Å². The Hall–Kier alpha value is -2.27. The van der Waals surface area contributed by atoms with Gasteiger partial charge in [0.05, 0.1) is 0 Å². The minimum Gasteiger partial charge on any atom is -0.349 e. The van der Waals surface area contributed by atoms with E-state index in [0.29, 0.717) is 11.5 Å². The highest BCUT2D eigenvalue weighted by Crippen LogP contribution is 2.19. The number of carbonyl (C=O) groups is 1. The molecule has 31 heavy (non-hydrogen) atoms. The lowest BCUT2D eigenvalue weighted by atomic mass is 9.93. The number of nitrogens with zero attached hydrogens (tertiary/aromatic N) is 2. The molecule has 0 bridgehead atoms. The molecule has 4 nitrogen and oxygen atoms in total. The largest absolute Gasteiger partial charge is 0.349 e. The highest BCUT2D eigenvalue weighted by molar-refractivity contribution is 5.94. The normalized spacial score (nSPS) is 15.4. The Morgan fingerprint density at radius 3 is 2.45 bits per heavy atom. The number of halogens is 1. The van der Waals surface area contributed by atoms with Gasteiger partial charge < -0.3 is 5.32 Å². The van der Waals surface area contributed by atoms with Crippen molar-refractivity contribution >= 4 is 5.91 Å². The molecule has 1 aliphatic rings. The lowest BCUT2D eigenvalue weighted by molar-refractivity contribution is 0.0908. The van der Waals surface area contributed by atoms with Crippen molar-refractivity contribution in [3.63, 3.8) is 0 Å². The van der Waals surface area contributed by atoms with Crippen LogP contribution in [0.15, 0.2) is 42.6 Å². The average Bonchev–Trinajstić information content (AvgIpc) is 2.77. The van der Waals surface area contributed by atoms with Gasteiger partial charge in [-0.25, -0.2) is 4.39 Å². The third-order valence-electron chi connectivity index (χ3n) is 6.21. The molecule has 5 heteroatoms. The summed E-state index contributed by atoms with van der Waals surface area (Å²) in [5, 5.41) is 3.21. The third-order valence-corrected chi connectivity index (χ3v) is 6.21. The van der Waals surface area contributed by atoms with Crippen LogP contribution in [0.5, 0.6) is 0 Å². The minimum absolute atomic E-state index is 0.00293. The minimum atomic E-state index is -0.198. The number of piperidine rings is 1. The average molecular weight is 426 g/mol. The van der Waals surface area contributed by atoms with Crippen molar-refractivity contribution in [1.29, 1.82) is 0 Å². The van der Waals surface area contributed by atoms with E-state index in [1.165, 1.54) is 37.8 Å². The maximum atomic E-state index is 13.1. The van der Waals surface area contributed by atoms with Gasteiger partial charge in [-0.1, -0.05) is 51.7 Å². The molecule has 0 saturated carbocycles. The van der Waals surface area contributed by atoms with Crippen molar-refractivity contribution in [1.82, 2.24) is 15.2 Å². The van der Waals surface area contributed by atoms with Crippen LogP contribution in [0.25, 0.3) is 0 Å². The molecule has 3 rings (SSSR count). The molecule has 2 aromatic rings. The lowest BCUT2D eigenvalue weighted by Crippen LogP contribution is -2.44. The van der Waals surface area contributed by atoms with E-state index in [1.807, 2.05) is 24.3 Å². The molecule has 0 radical (unpaired) electrons. The summed E-state index contributed by atoms with van der Waals surface area (Å²) in [4.78, 5) is 19.7. The van der Waals surface area contributed by atoms with Gasteiger partial charge in [0.2, 0.25) is 0 Å². The summed E-state index contributed by atoms with van der Waals surface area (Å²) < 4.78 is 13.1. The number of aromatic nitrogens is 1. The predicted octanol–water partition coefficient (Wildman–Crippen LogP) is 5.37. The van der Waals surface area contributed by atoms with Gasteiger partial charge in [-0.05, 0) is 55.0 Å². The van der Waals surface area contributed by atoms with Crippen LogP contribution >= 0.6 is 0 Å². The van der Waals surface area contributed by atoms with Gasteiger partial charge in [0.1, 0.15) is 5.82 Å². The van der Waals surface area contributed by atoms with E-state index in [4.69, 9.17) is 0 Å². The number of benzene rings is 1. The first kappa shape index (κ1) is 23.4. The molecular weight excluding hydrogens is 389 g/mol. The molecule has 1 aromatic heterocycles. The highest BCUT2D eigenvalue weighted by atomic mass is 19.1. The number of carbonyl (C=O) groups excluding carboxylic acids is 1. The van der Waals surface area contributed by atoms with Crippen molar-refractivity contribution in [2.75, 3.05) is 13.1 Å². The number of amides is 1. The number of hydrogen-bond donors (Lipinski definition) is 1. The van der Waals surface area contributed by atoms with Gasteiger partial charge in [-0.15, -0.1) is 0 Å². The molecular formula is C26H36FN3O. The maximum Gasteiger partial charge on any atom is 0.251 e. The maximum absolute atomic E-state index is 13.1. The number of rotatable bonds is 10. The number of nitrogens with one attached hydrogen (secondary N) is 1. The monoisotopic (exact) mass is 425 g/mol. The van der Waals surface area contributed by atoms with Crippen molar-refractivity contribution in [2.24, 2.45) is 5.92 Å². The van der Waals surface area contributed by atoms with Crippen molar-refractivity contribution in [2.45, 2.75) is 71.4 Å². The van der Waals surface area contributed by atoms with E-state index in [-0.39, 0.29) is 17.8 Å².